The van der Waals surface area contributed by atoms with Crippen LogP contribution in [0, 0.1) is 6.92 Å². The Bertz CT molecular complexity index is 1230. The molecule has 0 atom stereocenters. The highest BCUT2D eigenvalue weighted by Gasteiger charge is 2.14. The maximum atomic E-state index is 12.5. The van der Waals surface area contributed by atoms with Crippen LogP contribution >= 0.6 is 0 Å². The second kappa shape index (κ2) is 8.04. The van der Waals surface area contributed by atoms with E-state index in [1.165, 1.54) is 6.20 Å². The molecule has 8 nitrogen and oxygen atoms in total. The Hall–Kier alpha value is -4.20. The average Bonchev–Trinajstić information content (AvgIpc) is 3.02. The van der Waals surface area contributed by atoms with Crippen LogP contribution in [0.2, 0.25) is 0 Å². The fourth-order valence-corrected chi connectivity index (χ4v) is 3.03. The average molecular weight is 401 g/mol. The topological polar surface area (TPSA) is 98.1 Å². The number of hydrogen-bond donors (Lipinski definition) is 2. The van der Waals surface area contributed by atoms with Gasteiger partial charge in [0.25, 0.3) is 5.91 Å². The summed E-state index contributed by atoms with van der Waals surface area (Å²) in [5.41, 5.74) is 2.19. The first-order valence-electron chi connectivity index (χ1n) is 9.24. The third-order valence-electron chi connectivity index (χ3n) is 4.42. The lowest BCUT2D eigenvalue weighted by Gasteiger charge is -2.09. The van der Waals surface area contributed by atoms with Crippen molar-refractivity contribution >= 4 is 28.7 Å². The van der Waals surface area contributed by atoms with Gasteiger partial charge in [0.1, 0.15) is 11.5 Å². The predicted octanol–water partition coefficient (Wildman–Crippen LogP) is 4.03. The Morgan fingerprint density at radius 3 is 2.57 bits per heavy atom. The van der Waals surface area contributed by atoms with E-state index in [0.717, 1.165) is 11.1 Å². The van der Waals surface area contributed by atoms with Gasteiger partial charge < -0.3 is 10.1 Å². The molecule has 0 saturated carbocycles. The fourth-order valence-electron chi connectivity index (χ4n) is 3.03. The number of nitrogens with zero attached hydrogens (tertiary/aromatic N) is 3. The van der Waals surface area contributed by atoms with Gasteiger partial charge in [0, 0.05) is 30.4 Å². The molecule has 0 radical (unpaired) electrons. The number of fused-ring (bicyclic) bond motifs is 1. The molecule has 0 fully saturated rings. The van der Waals surface area contributed by atoms with E-state index in [4.69, 9.17) is 4.74 Å². The number of pyridine rings is 1. The van der Waals surface area contributed by atoms with Crippen molar-refractivity contribution in [1.29, 1.82) is 0 Å². The summed E-state index contributed by atoms with van der Waals surface area (Å²) >= 11 is 0. The van der Waals surface area contributed by atoms with Crippen LogP contribution in [0.25, 0.3) is 11.0 Å². The molecule has 30 heavy (non-hydrogen) atoms. The zero-order valence-corrected chi connectivity index (χ0v) is 16.4. The van der Waals surface area contributed by atoms with E-state index in [2.05, 4.69) is 20.7 Å². The molecule has 2 aromatic heterocycles. The minimum absolute atomic E-state index is 0.273. The molecule has 3 amide bonds. The zero-order valence-electron chi connectivity index (χ0n) is 16.4. The fraction of sp³-hybridized carbons (Fsp3) is 0.0909. The summed E-state index contributed by atoms with van der Waals surface area (Å²) in [5.74, 6) is 0.691. The lowest BCUT2D eigenvalue weighted by Crippen LogP contribution is -2.34. The lowest BCUT2D eigenvalue weighted by molar-refractivity contribution is 0.0967. The number of urea groups is 1. The maximum absolute atomic E-state index is 12.5. The Balaban J connectivity index is 1.42. The van der Waals surface area contributed by atoms with Gasteiger partial charge in [-0.2, -0.15) is 5.10 Å². The van der Waals surface area contributed by atoms with Crippen molar-refractivity contribution in [3.05, 3.63) is 78.1 Å². The normalized spacial score (nSPS) is 10.6. The molecule has 0 unspecified atom stereocenters. The number of carbonyl (C=O) groups excluding carboxylic acids is 2. The molecule has 0 spiro atoms. The summed E-state index contributed by atoms with van der Waals surface area (Å²) in [5, 5.41) is 9.98. The number of aryl methyl sites for hydroxylation is 2. The van der Waals surface area contributed by atoms with Crippen LogP contribution in [0.4, 0.5) is 10.5 Å². The van der Waals surface area contributed by atoms with Crippen LogP contribution in [0.3, 0.4) is 0 Å². The van der Waals surface area contributed by atoms with Gasteiger partial charge in [-0.3, -0.25) is 14.8 Å². The van der Waals surface area contributed by atoms with Crippen molar-refractivity contribution in [2.45, 2.75) is 6.92 Å². The van der Waals surface area contributed by atoms with Gasteiger partial charge in [0.05, 0.1) is 11.3 Å². The van der Waals surface area contributed by atoms with E-state index in [1.807, 2.05) is 37.3 Å². The van der Waals surface area contributed by atoms with E-state index in [1.54, 1.807) is 42.1 Å². The molecular formula is C22H19N5O3. The second-order valence-electron chi connectivity index (χ2n) is 6.66. The molecule has 0 aliphatic rings. The van der Waals surface area contributed by atoms with Crippen LogP contribution in [0.1, 0.15) is 16.1 Å². The van der Waals surface area contributed by atoms with Crippen molar-refractivity contribution < 1.29 is 14.3 Å². The van der Waals surface area contributed by atoms with Crippen molar-refractivity contribution in [3.63, 3.8) is 0 Å². The number of amides is 3. The maximum Gasteiger partial charge on any atom is 0.326 e. The minimum atomic E-state index is -0.653. The monoisotopic (exact) mass is 401 g/mol. The first kappa shape index (κ1) is 19.1. The Labute approximate surface area is 172 Å². The summed E-state index contributed by atoms with van der Waals surface area (Å²) < 4.78 is 7.39. The number of imide groups is 1. The SMILES string of the molecule is Cc1nn(C)c2ncc(C(=O)NC(=O)Nc3cccc(Oc4ccccc4)c3)cc12. The Kier molecular flexibility index (Phi) is 5.13. The van der Waals surface area contributed by atoms with E-state index >= 15 is 0 Å². The number of benzene rings is 2. The molecule has 0 aliphatic carbocycles. The number of anilines is 1. The molecule has 2 heterocycles. The molecule has 2 aromatic carbocycles. The van der Waals surface area contributed by atoms with Gasteiger partial charge in [-0.15, -0.1) is 0 Å². The highest BCUT2D eigenvalue weighted by Crippen LogP contribution is 2.23. The van der Waals surface area contributed by atoms with Crippen molar-refractivity contribution in [3.8, 4) is 11.5 Å². The largest absolute Gasteiger partial charge is 0.457 e. The van der Waals surface area contributed by atoms with Crippen LogP contribution in [0.5, 0.6) is 11.5 Å². The third-order valence-corrected chi connectivity index (χ3v) is 4.42. The number of rotatable bonds is 4. The summed E-state index contributed by atoms with van der Waals surface area (Å²) in [6.45, 7) is 1.84. The molecule has 4 aromatic rings. The van der Waals surface area contributed by atoms with Gasteiger partial charge in [-0.05, 0) is 37.3 Å². The van der Waals surface area contributed by atoms with Gasteiger partial charge in [0.15, 0.2) is 5.65 Å². The summed E-state index contributed by atoms with van der Waals surface area (Å²) in [7, 11) is 1.78. The van der Waals surface area contributed by atoms with Gasteiger partial charge in [-0.1, -0.05) is 24.3 Å². The van der Waals surface area contributed by atoms with Crippen molar-refractivity contribution in [2.75, 3.05) is 5.32 Å². The smallest absolute Gasteiger partial charge is 0.326 e. The Morgan fingerprint density at radius 1 is 1.00 bits per heavy atom. The van der Waals surface area contributed by atoms with Crippen LogP contribution in [-0.4, -0.2) is 26.7 Å². The van der Waals surface area contributed by atoms with E-state index in [9.17, 15) is 9.59 Å². The first-order valence-corrected chi connectivity index (χ1v) is 9.24. The molecule has 2 N–H and O–H groups in total. The third kappa shape index (κ3) is 4.12. The first-order chi connectivity index (χ1) is 14.5. The van der Waals surface area contributed by atoms with Crippen LogP contribution < -0.4 is 15.4 Å². The van der Waals surface area contributed by atoms with E-state index in [0.29, 0.717) is 22.8 Å². The standard InChI is InChI=1S/C22H19N5O3/c1-14-19-11-15(13-23-20(19)27(2)26-14)21(28)25-22(29)24-16-7-6-10-18(12-16)30-17-8-4-3-5-9-17/h3-13H,1-2H3,(H2,24,25,28,29). The van der Waals surface area contributed by atoms with Crippen molar-refractivity contribution in [1.82, 2.24) is 20.1 Å². The second-order valence-corrected chi connectivity index (χ2v) is 6.66. The summed E-state index contributed by atoms with van der Waals surface area (Å²) in [4.78, 5) is 29.0. The number of hydrogen-bond acceptors (Lipinski definition) is 5. The number of aromatic nitrogens is 3. The molecular weight excluding hydrogens is 382 g/mol. The quantitative estimate of drug-likeness (QED) is 0.538. The van der Waals surface area contributed by atoms with E-state index < -0.39 is 11.9 Å². The number of ether oxygens (including phenoxy) is 1. The highest BCUT2D eigenvalue weighted by atomic mass is 16.5. The molecule has 0 aliphatic heterocycles. The van der Waals surface area contributed by atoms with Gasteiger partial charge in [-0.25, -0.2) is 9.78 Å². The molecule has 8 heteroatoms. The van der Waals surface area contributed by atoms with Crippen molar-refractivity contribution in [2.24, 2.45) is 7.05 Å². The minimum Gasteiger partial charge on any atom is -0.457 e. The van der Waals surface area contributed by atoms with E-state index in [-0.39, 0.29) is 5.56 Å². The lowest BCUT2D eigenvalue weighted by atomic mass is 10.2. The number of nitrogens with one attached hydrogen (secondary N) is 2. The highest BCUT2D eigenvalue weighted by molar-refractivity contribution is 6.08. The Morgan fingerprint density at radius 2 is 1.77 bits per heavy atom. The molecule has 4 rings (SSSR count). The van der Waals surface area contributed by atoms with Crippen LogP contribution in [0.15, 0.2) is 66.9 Å². The number of carbonyl (C=O) groups is 2. The predicted molar refractivity (Wildman–Crippen MR) is 113 cm³/mol. The van der Waals surface area contributed by atoms with Gasteiger partial charge >= 0.3 is 6.03 Å². The molecule has 0 saturated heterocycles. The molecule has 0 bridgehead atoms. The number of para-hydroxylation sites is 1. The summed E-state index contributed by atoms with van der Waals surface area (Å²) in [6, 6.07) is 17.2. The molecule has 150 valence electrons. The van der Waals surface area contributed by atoms with Gasteiger partial charge in [0.2, 0.25) is 0 Å². The van der Waals surface area contributed by atoms with Crippen LogP contribution in [-0.2, 0) is 7.05 Å². The zero-order chi connectivity index (χ0) is 21.1. The summed E-state index contributed by atoms with van der Waals surface area (Å²) in [6.07, 6.45) is 1.42.